The number of anilines is 1. The van der Waals surface area contributed by atoms with Crippen molar-refractivity contribution in [3.63, 3.8) is 0 Å². The fourth-order valence-electron chi connectivity index (χ4n) is 1.31. The van der Waals surface area contributed by atoms with Crippen molar-refractivity contribution in [2.45, 2.75) is 0 Å². The first-order valence-electron chi connectivity index (χ1n) is 3.87. The lowest BCUT2D eigenvalue weighted by atomic mass is 10.2. The Hall–Kier alpha value is -1.62. The summed E-state index contributed by atoms with van der Waals surface area (Å²) in [4.78, 5) is 11.1. The number of carbonyl (C=O) groups excluding carboxylic acids is 1. The third-order valence-corrected chi connectivity index (χ3v) is 3.11. The van der Waals surface area contributed by atoms with Crippen LogP contribution >= 0.6 is 11.3 Å². The van der Waals surface area contributed by atoms with Crippen LogP contribution in [0.3, 0.4) is 0 Å². The molecule has 1 amide bonds. The molecule has 0 fully saturated rings. The largest absolute Gasteiger partial charge is 0.397 e. The maximum atomic E-state index is 13.3. The summed E-state index contributed by atoms with van der Waals surface area (Å²) >= 11 is 1.11. The third kappa shape index (κ3) is 1.13. The number of thiophene rings is 1. The van der Waals surface area contributed by atoms with Gasteiger partial charge in [0.25, 0.3) is 5.91 Å². The zero-order chi connectivity index (χ0) is 10.3. The second-order valence-corrected chi connectivity index (χ2v) is 3.87. The predicted octanol–water partition coefficient (Wildman–Crippen LogP) is 1.72. The molecule has 0 aliphatic carbocycles. The lowest BCUT2D eigenvalue weighted by Gasteiger charge is -1.94. The Morgan fingerprint density at radius 1 is 1.43 bits per heavy atom. The van der Waals surface area contributed by atoms with Gasteiger partial charge in [0.15, 0.2) is 0 Å². The molecule has 1 aromatic heterocycles. The molecular formula is C9H7FN2OS. The van der Waals surface area contributed by atoms with Gasteiger partial charge in [0.2, 0.25) is 0 Å². The van der Waals surface area contributed by atoms with E-state index in [2.05, 4.69) is 0 Å². The number of hydrogen-bond donors (Lipinski definition) is 2. The van der Waals surface area contributed by atoms with Crippen LogP contribution in [-0.4, -0.2) is 5.91 Å². The molecule has 1 heterocycles. The molecule has 0 saturated heterocycles. The highest BCUT2D eigenvalue weighted by atomic mass is 32.1. The van der Waals surface area contributed by atoms with Gasteiger partial charge in [0, 0.05) is 4.70 Å². The van der Waals surface area contributed by atoms with Crippen LogP contribution in [0.2, 0.25) is 0 Å². The second kappa shape index (κ2) is 2.95. The summed E-state index contributed by atoms with van der Waals surface area (Å²) in [5.74, 6) is -1.05. The Balaban J connectivity index is 2.87. The average Bonchev–Trinajstić information content (AvgIpc) is 2.45. The first kappa shape index (κ1) is 8.96. The van der Waals surface area contributed by atoms with Gasteiger partial charge < -0.3 is 11.5 Å². The van der Waals surface area contributed by atoms with Crippen molar-refractivity contribution >= 4 is 33.0 Å². The van der Waals surface area contributed by atoms with E-state index in [9.17, 15) is 9.18 Å². The molecule has 2 rings (SSSR count). The highest BCUT2D eigenvalue weighted by molar-refractivity contribution is 7.21. The topological polar surface area (TPSA) is 69.1 Å². The van der Waals surface area contributed by atoms with Gasteiger partial charge in [-0.3, -0.25) is 4.79 Å². The maximum Gasteiger partial charge on any atom is 0.260 e. The van der Waals surface area contributed by atoms with Gasteiger partial charge in [-0.1, -0.05) is 6.07 Å². The molecule has 0 spiro atoms. The predicted molar refractivity (Wildman–Crippen MR) is 54.7 cm³/mol. The standard InChI is InChI=1S/C9H7FN2OS/c10-4-2-1-3-5-6(4)7(11)8(14-5)9(12)13/h1-3H,11H2,(H2,12,13). The molecule has 14 heavy (non-hydrogen) atoms. The smallest absolute Gasteiger partial charge is 0.260 e. The SMILES string of the molecule is NC(=O)c1sc2cccc(F)c2c1N. The van der Waals surface area contributed by atoms with Crippen LogP contribution < -0.4 is 11.5 Å². The van der Waals surface area contributed by atoms with Crippen molar-refractivity contribution in [3.8, 4) is 0 Å². The molecule has 4 N–H and O–H groups in total. The number of nitrogen functional groups attached to an aromatic ring is 1. The number of carbonyl (C=O) groups is 1. The van der Waals surface area contributed by atoms with Crippen molar-refractivity contribution in [1.82, 2.24) is 0 Å². The van der Waals surface area contributed by atoms with E-state index in [-0.39, 0.29) is 16.0 Å². The Morgan fingerprint density at radius 3 is 2.71 bits per heavy atom. The van der Waals surface area contributed by atoms with Gasteiger partial charge in [-0.15, -0.1) is 11.3 Å². The lowest BCUT2D eigenvalue weighted by Crippen LogP contribution is -2.10. The zero-order valence-electron chi connectivity index (χ0n) is 7.08. The van der Waals surface area contributed by atoms with E-state index in [0.717, 1.165) is 11.3 Å². The average molecular weight is 210 g/mol. The number of amides is 1. The summed E-state index contributed by atoms with van der Waals surface area (Å²) in [6.07, 6.45) is 0. The minimum atomic E-state index is -0.622. The maximum absolute atomic E-state index is 13.3. The van der Waals surface area contributed by atoms with Crippen LogP contribution in [0, 0.1) is 5.82 Å². The van der Waals surface area contributed by atoms with E-state index in [1.54, 1.807) is 12.1 Å². The van der Waals surface area contributed by atoms with Crippen LogP contribution in [0.15, 0.2) is 18.2 Å². The molecule has 0 unspecified atom stereocenters. The molecule has 3 nitrogen and oxygen atoms in total. The van der Waals surface area contributed by atoms with Crippen molar-refractivity contribution < 1.29 is 9.18 Å². The fourth-order valence-corrected chi connectivity index (χ4v) is 2.30. The molecule has 0 aliphatic rings. The van der Waals surface area contributed by atoms with Gasteiger partial charge >= 0.3 is 0 Å². The van der Waals surface area contributed by atoms with E-state index in [1.165, 1.54) is 6.07 Å². The number of rotatable bonds is 1. The first-order chi connectivity index (χ1) is 6.61. The van der Waals surface area contributed by atoms with Crippen molar-refractivity contribution in [1.29, 1.82) is 0 Å². The molecule has 2 aromatic rings. The van der Waals surface area contributed by atoms with Crippen LogP contribution in [0.4, 0.5) is 10.1 Å². The van der Waals surface area contributed by atoms with E-state index in [4.69, 9.17) is 11.5 Å². The lowest BCUT2D eigenvalue weighted by molar-refractivity contribution is 0.100. The van der Waals surface area contributed by atoms with Gasteiger partial charge in [-0.2, -0.15) is 0 Å². The monoisotopic (exact) mass is 210 g/mol. The van der Waals surface area contributed by atoms with Gasteiger partial charge in [0.1, 0.15) is 10.7 Å². The van der Waals surface area contributed by atoms with Gasteiger partial charge in [0.05, 0.1) is 11.1 Å². The normalized spacial score (nSPS) is 10.6. The Bertz CT molecular complexity index is 521. The molecule has 0 radical (unpaired) electrons. The minimum Gasteiger partial charge on any atom is -0.397 e. The molecular weight excluding hydrogens is 203 g/mol. The van der Waals surface area contributed by atoms with Gasteiger partial charge in [-0.05, 0) is 12.1 Å². The number of hydrogen-bond acceptors (Lipinski definition) is 3. The molecule has 0 atom stereocenters. The van der Waals surface area contributed by atoms with E-state index < -0.39 is 11.7 Å². The Morgan fingerprint density at radius 2 is 2.14 bits per heavy atom. The summed E-state index contributed by atoms with van der Waals surface area (Å²) in [6.45, 7) is 0. The number of nitrogens with two attached hydrogens (primary N) is 2. The summed E-state index contributed by atoms with van der Waals surface area (Å²) in [5, 5.41) is 0.284. The van der Waals surface area contributed by atoms with E-state index in [0.29, 0.717) is 4.70 Å². The summed E-state index contributed by atoms with van der Waals surface area (Å²) in [5.41, 5.74) is 10.8. The first-order valence-corrected chi connectivity index (χ1v) is 4.69. The van der Waals surface area contributed by atoms with Crippen LogP contribution in [0.1, 0.15) is 9.67 Å². The number of fused-ring (bicyclic) bond motifs is 1. The molecule has 0 bridgehead atoms. The summed E-state index contributed by atoms with van der Waals surface area (Å²) < 4.78 is 13.9. The van der Waals surface area contributed by atoms with Crippen LogP contribution in [-0.2, 0) is 0 Å². The molecule has 0 aliphatic heterocycles. The number of benzene rings is 1. The zero-order valence-corrected chi connectivity index (χ0v) is 7.90. The minimum absolute atomic E-state index is 0.135. The molecule has 1 aromatic carbocycles. The number of halogens is 1. The second-order valence-electron chi connectivity index (χ2n) is 2.82. The Kier molecular flexibility index (Phi) is 1.89. The Labute approximate surface area is 83.1 Å². The van der Waals surface area contributed by atoms with E-state index in [1.807, 2.05) is 0 Å². The molecule has 0 saturated carbocycles. The fraction of sp³-hybridized carbons (Fsp3) is 0. The van der Waals surface area contributed by atoms with Gasteiger partial charge in [-0.25, -0.2) is 4.39 Å². The highest BCUT2D eigenvalue weighted by Gasteiger charge is 2.15. The number of primary amides is 1. The van der Waals surface area contributed by atoms with Crippen LogP contribution in [0.25, 0.3) is 10.1 Å². The van der Waals surface area contributed by atoms with Crippen molar-refractivity contribution in [2.24, 2.45) is 5.73 Å². The molecule has 5 heteroatoms. The van der Waals surface area contributed by atoms with E-state index >= 15 is 0 Å². The quantitative estimate of drug-likeness (QED) is 0.752. The summed E-state index contributed by atoms with van der Waals surface area (Å²) in [6, 6.07) is 4.57. The highest BCUT2D eigenvalue weighted by Crippen LogP contribution is 2.34. The third-order valence-electron chi connectivity index (χ3n) is 1.93. The summed E-state index contributed by atoms with van der Waals surface area (Å²) in [7, 11) is 0. The van der Waals surface area contributed by atoms with Crippen LogP contribution in [0.5, 0.6) is 0 Å². The van der Waals surface area contributed by atoms with Crippen molar-refractivity contribution in [2.75, 3.05) is 5.73 Å². The van der Waals surface area contributed by atoms with Crippen molar-refractivity contribution in [3.05, 3.63) is 28.9 Å². The molecule has 72 valence electrons.